The topological polar surface area (TPSA) is 92.2 Å². The molecule has 0 fully saturated rings. The Balaban J connectivity index is 2.18. The molecular weight excluding hydrogens is 316 g/mol. The van der Waals surface area contributed by atoms with Crippen LogP contribution < -0.4 is 5.73 Å². The van der Waals surface area contributed by atoms with Crippen molar-refractivity contribution in [2.24, 2.45) is 0 Å². The van der Waals surface area contributed by atoms with Crippen LogP contribution >= 0.6 is 0 Å². The zero-order valence-corrected chi connectivity index (χ0v) is 14.4. The summed E-state index contributed by atoms with van der Waals surface area (Å²) in [7, 11) is 0. The maximum Gasteiger partial charge on any atom is 0.410 e. The number of aryl methyl sites for hydroxylation is 1. The molecule has 2 aromatic rings. The fourth-order valence-electron chi connectivity index (χ4n) is 3.21. The van der Waals surface area contributed by atoms with Gasteiger partial charge in [0.25, 0.3) is 0 Å². The predicted octanol–water partition coefficient (Wildman–Crippen LogP) is 3.03. The molecule has 0 radical (unpaired) electrons. The minimum atomic E-state index is -0.348. The highest BCUT2D eigenvalue weighted by molar-refractivity contribution is 5.81. The second-order valence-electron chi connectivity index (χ2n) is 5.97. The Kier molecular flexibility index (Phi) is 4.57. The van der Waals surface area contributed by atoms with E-state index in [9.17, 15) is 10.1 Å². The van der Waals surface area contributed by atoms with E-state index < -0.39 is 0 Å². The standard InChI is InChI=1S/C19H20N4O2/c1-3-25-19(24)23-9-8-16-15(11-23)17(14(10-20)18(21)22-16)13-7-5-4-6-12(13)2/h4-7H,3,8-9,11H2,1-2H3,(H2,21,22). The van der Waals surface area contributed by atoms with Crippen LogP contribution in [0.1, 0.15) is 29.3 Å². The molecule has 6 heteroatoms. The van der Waals surface area contributed by atoms with Crippen LogP contribution in [0.5, 0.6) is 0 Å². The molecule has 1 aromatic carbocycles. The van der Waals surface area contributed by atoms with E-state index in [0.717, 1.165) is 27.9 Å². The zero-order chi connectivity index (χ0) is 18.0. The third-order valence-corrected chi connectivity index (χ3v) is 4.43. The van der Waals surface area contributed by atoms with Crippen LogP contribution in [0.25, 0.3) is 11.1 Å². The monoisotopic (exact) mass is 336 g/mol. The molecular formula is C19H20N4O2. The summed E-state index contributed by atoms with van der Waals surface area (Å²) in [6.07, 6.45) is 0.238. The van der Waals surface area contributed by atoms with Crippen LogP contribution in [-0.4, -0.2) is 29.1 Å². The number of anilines is 1. The number of hydrogen-bond donors (Lipinski definition) is 1. The molecule has 0 unspecified atom stereocenters. The van der Waals surface area contributed by atoms with E-state index in [0.29, 0.717) is 31.7 Å². The number of nitrogens with zero attached hydrogens (tertiary/aromatic N) is 3. The fourth-order valence-corrected chi connectivity index (χ4v) is 3.21. The van der Waals surface area contributed by atoms with E-state index in [2.05, 4.69) is 11.1 Å². The summed E-state index contributed by atoms with van der Waals surface area (Å²) in [6, 6.07) is 10.0. The van der Waals surface area contributed by atoms with Gasteiger partial charge in [0.1, 0.15) is 17.5 Å². The molecule has 128 valence electrons. The second kappa shape index (κ2) is 6.81. The summed E-state index contributed by atoms with van der Waals surface area (Å²) in [5, 5.41) is 9.64. The highest BCUT2D eigenvalue weighted by atomic mass is 16.6. The molecule has 25 heavy (non-hydrogen) atoms. The third kappa shape index (κ3) is 3.01. The molecule has 1 amide bonds. The molecule has 1 aliphatic rings. The Morgan fingerprint density at radius 1 is 1.44 bits per heavy atom. The highest BCUT2D eigenvalue weighted by Gasteiger charge is 2.28. The lowest BCUT2D eigenvalue weighted by Gasteiger charge is -2.30. The van der Waals surface area contributed by atoms with E-state index >= 15 is 0 Å². The molecule has 0 bridgehead atoms. The summed E-state index contributed by atoms with van der Waals surface area (Å²) in [5.41, 5.74) is 10.9. The molecule has 0 saturated heterocycles. The minimum absolute atomic E-state index is 0.240. The minimum Gasteiger partial charge on any atom is -0.450 e. The summed E-state index contributed by atoms with van der Waals surface area (Å²) < 4.78 is 5.12. The molecule has 0 atom stereocenters. The van der Waals surface area contributed by atoms with Crippen LogP contribution in [0, 0.1) is 18.3 Å². The van der Waals surface area contributed by atoms with Crippen molar-refractivity contribution in [1.82, 2.24) is 9.88 Å². The van der Waals surface area contributed by atoms with Gasteiger partial charge in [0.2, 0.25) is 0 Å². The van der Waals surface area contributed by atoms with Crippen molar-refractivity contribution >= 4 is 11.9 Å². The van der Waals surface area contributed by atoms with Gasteiger partial charge < -0.3 is 15.4 Å². The highest BCUT2D eigenvalue weighted by Crippen LogP contribution is 2.36. The van der Waals surface area contributed by atoms with Crippen LogP contribution in [0.2, 0.25) is 0 Å². The maximum atomic E-state index is 12.1. The van der Waals surface area contributed by atoms with E-state index in [1.807, 2.05) is 31.2 Å². The number of nitrogen functional groups attached to an aromatic ring is 1. The van der Waals surface area contributed by atoms with Gasteiger partial charge in [0.15, 0.2) is 0 Å². The van der Waals surface area contributed by atoms with Crippen molar-refractivity contribution in [2.75, 3.05) is 18.9 Å². The van der Waals surface area contributed by atoms with E-state index in [4.69, 9.17) is 10.5 Å². The van der Waals surface area contributed by atoms with Crippen LogP contribution in [0.4, 0.5) is 10.6 Å². The Bertz CT molecular complexity index is 870. The van der Waals surface area contributed by atoms with Gasteiger partial charge in [-0.1, -0.05) is 24.3 Å². The van der Waals surface area contributed by atoms with Crippen molar-refractivity contribution in [3.8, 4) is 17.2 Å². The number of fused-ring (bicyclic) bond motifs is 1. The Labute approximate surface area is 146 Å². The van der Waals surface area contributed by atoms with Crippen molar-refractivity contribution < 1.29 is 9.53 Å². The first-order valence-electron chi connectivity index (χ1n) is 8.25. The Morgan fingerprint density at radius 2 is 2.20 bits per heavy atom. The van der Waals surface area contributed by atoms with Gasteiger partial charge in [-0.05, 0) is 25.0 Å². The lowest BCUT2D eigenvalue weighted by atomic mass is 9.89. The number of rotatable bonds is 2. The average Bonchev–Trinajstić information content (AvgIpc) is 2.61. The predicted molar refractivity (Wildman–Crippen MR) is 94.7 cm³/mol. The molecule has 2 heterocycles. The summed E-state index contributed by atoms with van der Waals surface area (Å²) in [5.74, 6) is 0.240. The molecule has 2 N–H and O–H groups in total. The van der Waals surface area contributed by atoms with Crippen molar-refractivity contribution in [2.45, 2.75) is 26.8 Å². The van der Waals surface area contributed by atoms with Gasteiger partial charge in [-0.25, -0.2) is 9.78 Å². The van der Waals surface area contributed by atoms with Crippen molar-refractivity contribution in [1.29, 1.82) is 5.26 Å². The molecule has 3 rings (SSSR count). The van der Waals surface area contributed by atoms with E-state index in [1.54, 1.807) is 11.8 Å². The van der Waals surface area contributed by atoms with Gasteiger partial charge in [0, 0.05) is 24.1 Å². The molecule has 0 saturated carbocycles. The largest absolute Gasteiger partial charge is 0.450 e. The number of benzene rings is 1. The SMILES string of the molecule is CCOC(=O)N1CCc2nc(N)c(C#N)c(-c3ccccc3C)c2C1. The lowest BCUT2D eigenvalue weighted by molar-refractivity contribution is 0.102. The molecule has 6 nitrogen and oxygen atoms in total. The number of carbonyl (C=O) groups is 1. The zero-order valence-electron chi connectivity index (χ0n) is 14.4. The molecule has 0 spiro atoms. The first kappa shape index (κ1) is 16.8. The van der Waals surface area contributed by atoms with Gasteiger partial charge in [-0.2, -0.15) is 5.26 Å². The number of ether oxygens (including phenoxy) is 1. The number of nitrogens with two attached hydrogens (primary N) is 1. The normalized spacial score (nSPS) is 13.1. The van der Waals surface area contributed by atoms with E-state index in [1.165, 1.54) is 0 Å². The number of carbonyl (C=O) groups excluding carboxylic acids is 1. The Hall–Kier alpha value is -3.07. The molecule has 0 aliphatic carbocycles. The summed E-state index contributed by atoms with van der Waals surface area (Å²) in [6.45, 7) is 4.99. The first-order valence-corrected chi connectivity index (χ1v) is 8.25. The van der Waals surface area contributed by atoms with Gasteiger partial charge in [0.05, 0.1) is 18.8 Å². The third-order valence-electron chi connectivity index (χ3n) is 4.43. The van der Waals surface area contributed by atoms with Gasteiger partial charge in [-0.15, -0.1) is 0 Å². The Morgan fingerprint density at radius 3 is 2.88 bits per heavy atom. The number of hydrogen-bond acceptors (Lipinski definition) is 5. The van der Waals surface area contributed by atoms with Gasteiger partial charge >= 0.3 is 6.09 Å². The van der Waals surface area contributed by atoms with Crippen molar-refractivity contribution in [3.05, 3.63) is 46.6 Å². The van der Waals surface area contributed by atoms with Crippen molar-refractivity contribution in [3.63, 3.8) is 0 Å². The average molecular weight is 336 g/mol. The van der Waals surface area contributed by atoms with Crippen LogP contribution in [0.15, 0.2) is 24.3 Å². The molecule has 1 aliphatic heterocycles. The second-order valence-corrected chi connectivity index (χ2v) is 5.97. The smallest absolute Gasteiger partial charge is 0.410 e. The lowest BCUT2D eigenvalue weighted by Crippen LogP contribution is -2.37. The summed E-state index contributed by atoms with van der Waals surface area (Å²) >= 11 is 0. The number of aromatic nitrogens is 1. The van der Waals surface area contributed by atoms with Crippen LogP contribution in [0.3, 0.4) is 0 Å². The number of amides is 1. The summed E-state index contributed by atoms with van der Waals surface area (Å²) in [4.78, 5) is 18.2. The van der Waals surface area contributed by atoms with Gasteiger partial charge in [-0.3, -0.25) is 0 Å². The maximum absolute atomic E-state index is 12.1. The quantitative estimate of drug-likeness (QED) is 0.910. The first-order chi connectivity index (χ1) is 12.1. The van der Waals surface area contributed by atoms with Crippen LogP contribution in [-0.2, 0) is 17.7 Å². The molecule has 1 aromatic heterocycles. The number of pyridine rings is 1. The van der Waals surface area contributed by atoms with E-state index in [-0.39, 0.29) is 11.9 Å². The fraction of sp³-hybridized carbons (Fsp3) is 0.316. The number of nitriles is 1.